The van der Waals surface area contributed by atoms with Crippen molar-refractivity contribution in [2.45, 2.75) is 18.0 Å². The normalized spacial score (nSPS) is 21.1. The van der Waals surface area contributed by atoms with Crippen LogP contribution in [0.3, 0.4) is 0 Å². The number of amides is 2. The van der Waals surface area contributed by atoms with E-state index < -0.39 is 0 Å². The smallest absolute Gasteiger partial charge is 0.253 e. The number of nitrogens with zero attached hydrogens (tertiary/aromatic N) is 3. The number of aliphatic hydroxyl groups excluding tert-OH is 1. The maximum atomic E-state index is 12.7. The minimum absolute atomic E-state index is 0.0558. The van der Waals surface area contributed by atoms with Crippen molar-refractivity contribution >= 4 is 11.8 Å². The van der Waals surface area contributed by atoms with Crippen LogP contribution in [-0.2, 0) is 9.53 Å². The van der Waals surface area contributed by atoms with Crippen LogP contribution >= 0.6 is 0 Å². The van der Waals surface area contributed by atoms with Gasteiger partial charge in [0.25, 0.3) is 5.91 Å². The quantitative estimate of drug-likeness (QED) is 0.776. The van der Waals surface area contributed by atoms with E-state index >= 15 is 0 Å². The molecule has 0 aliphatic carbocycles. The third kappa shape index (κ3) is 3.90. The Morgan fingerprint density at radius 1 is 1.14 bits per heavy atom. The van der Waals surface area contributed by atoms with Gasteiger partial charge in [0.15, 0.2) is 0 Å². The number of likely N-dealkylation sites (N-methyl/N-ethyl adjacent to an activating group) is 1. The SMILES string of the molecule is COCC(=O)N1[C@H](CN(C)C(=O)c2ccncc2)[C@@H](c2ccccc2)[C@@H]1CO. The fourth-order valence-corrected chi connectivity index (χ4v) is 3.92. The van der Waals surface area contributed by atoms with Gasteiger partial charge in [-0.1, -0.05) is 30.3 Å². The molecule has 0 radical (unpaired) electrons. The molecular weight excluding hydrogens is 358 g/mol. The average molecular weight is 383 g/mol. The topological polar surface area (TPSA) is 83.0 Å². The summed E-state index contributed by atoms with van der Waals surface area (Å²) in [6.07, 6.45) is 3.15. The monoisotopic (exact) mass is 383 g/mol. The highest BCUT2D eigenvalue weighted by atomic mass is 16.5. The number of ether oxygens (including phenoxy) is 1. The molecule has 0 bridgehead atoms. The number of pyridine rings is 1. The molecule has 0 saturated carbocycles. The minimum Gasteiger partial charge on any atom is -0.394 e. The summed E-state index contributed by atoms with van der Waals surface area (Å²) in [5.74, 6) is -0.385. The molecule has 1 fully saturated rings. The molecule has 0 spiro atoms. The third-order valence-corrected chi connectivity index (χ3v) is 5.21. The zero-order valence-electron chi connectivity index (χ0n) is 16.1. The minimum atomic E-state index is -0.334. The second-order valence-corrected chi connectivity index (χ2v) is 6.91. The summed E-state index contributed by atoms with van der Waals surface area (Å²) >= 11 is 0. The van der Waals surface area contributed by atoms with Crippen LogP contribution in [0.5, 0.6) is 0 Å². The predicted octanol–water partition coefficient (Wildman–Crippen LogP) is 1.16. The molecule has 2 amide bonds. The van der Waals surface area contributed by atoms with Crippen molar-refractivity contribution in [3.05, 3.63) is 66.0 Å². The van der Waals surface area contributed by atoms with Crippen LogP contribution in [0.25, 0.3) is 0 Å². The Hall–Kier alpha value is -2.77. The first-order valence-electron chi connectivity index (χ1n) is 9.19. The maximum Gasteiger partial charge on any atom is 0.253 e. The van der Waals surface area contributed by atoms with Gasteiger partial charge in [-0.05, 0) is 17.7 Å². The molecule has 1 saturated heterocycles. The number of methoxy groups -OCH3 is 1. The van der Waals surface area contributed by atoms with E-state index in [1.54, 1.807) is 41.4 Å². The van der Waals surface area contributed by atoms with Gasteiger partial charge in [-0.15, -0.1) is 0 Å². The van der Waals surface area contributed by atoms with Gasteiger partial charge < -0.3 is 19.6 Å². The van der Waals surface area contributed by atoms with Gasteiger partial charge in [0.05, 0.1) is 18.7 Å². The number of carbonyl (C=O) groups excluding carboxylic acids is 2. The molecule has 28 heavy (non-hydrogen) atoms. The van der Waals surface area contributed by atoms with Gasteiger partial charge in [-0.2, -0.15) is 0 Å². The zero-order valence-corrected chi connectivity index (χ0v) is 16.1. The second kappa shape index (κ2) is 8.95. The third-order valence-electron chi connectivity index (χ3n) is 5.21. The Kier molecular flexibility index (Phi) is 6.38. The highest BCUT2D eigenvalue weighted by Gasteiger charge is 2.51. The van der Waals surface area contributed by atoms with Crippen LogP contribution in [0.15, 0.2) is 54.9 Å². The lowest BCUT2D eigenvalue weighted by Crippen LogP contribution is -2.69. The van der Waals surface area contributed by atoms with E-state index in [1.165, 1.54) is 7.11 Å². The van der Waals surface area contributed by atoms with Crippen molar-refractivity contribution < 1.29 is 19.4 Å². The molecule has 7 nitrogen and oxygen atoms in total. The first-order chi connectivity index (χ1) is 13.6. The number of benzene rings is 1. The maximum absolute atomic E-state index is 12.7. The lowest BCUT2D eigenvalue weighted by Gasteiger charge is -2.55. The van der Waals surface area contributed by atoms with Crippen LogP contribution in [0, 0.1) is 0 Å². The standard InChI is InChI=1S/C21H25N3O4/c1-23(21(27)16-8-10-22-11-9-16)12-17-20(15-6-4-3-5-7-15)18(13-25)24(17)19(26)14-28-2/h3-11,17-18,20,25H,12-14H2,1-2H3/t17-,18+,20-/m1/s1. The Balaban J connectivity index is 1.84. The Bertz CT molecular complexity index is 800. The van der Waals surface area contributed by atoms with E-state index in [0.717, 1.165) is 5.56 Å². The fraction of sp³-hybridized carbons (Fsp3) is 0.381. The van der Waals surface area contributed by atoms with Crippen LogP contribution in [-0.4, -0.2) is 77.7 Å². The number of hydrogen-bond donors (Lipinski definition) is 1. The first-order valence-corrected chi connectivity index (χ1v) is 9.19. The van der Waals surface area contributed by atoms with E-state index in [2.05, 4.69) is 4.98 Å². The number of aromatic nitrogens is 1. The molecule has 0 unspecified atom stereocenters. The van der Waals surface area contributed by atoms with Crippen molar-refractivity contribution in [1.82, 2.24) is 14.8 Å². The summed E-state index contributed by atoms with van der Waals surface area (Å²) in [5, 5.41) is 9.92. The number of carbonyl (C=O) groups is 2. The molecule has 1 aromatic carbocycles. The highest BCUT2D eigenvalue weighted by molar-refractivity contribution is 5.94. The van der Waals surface area contributed by atoms with Gasteiger partial charge in [0.2, 0.25) is 5.91 Å². The van der Waals surface area contributed by atoms with E-state index in [0.29, 0.717) is 12.1 Å². The van der Waals surface area contributed by atoms with Crippen LogP contribution in [0.2, 0.25) is 0 Å². The predicted molar refractivity (Wildman–Crippen MR) is 104 cm³/mol. The van der Waals surface area contributed by atoms with Crippen molar-refractivity contribution in [2.75, 3.05) is 33.9 Å². The molecule has 2 heterocycles. The zero-order chi connectivity index (χ0) is 20.1. The van der Waals surface area contributed by atoms with Crippen molar-refractivity contribution in [3.8, 4) is 0 Å². The molecule has 148 valence electrons. The van der Waals surface area contributed by atoms with Gasteiger partial charge >= 0.3 is 0 Å². The highest BCUT2D eigenvalue weighted by Crippen LogP contribution is 2.41. The molecule has 1 N–H and O–H groups in total. The van der Waals surface area contributed by atoms with Crippen LogP contribution in [0.1, 0.15) is 21.8 Å². The first kappa shape index (κ1) is 20.0. The average Bonchev–Trinajstić information content (AvgIpc) is 2.71. The molecular formula is C21H25N3O4. The Labute approximate surface area is 164 Å². The van der Waals surface area contributed by atoms with E-state index in [1.807, 2.05) is 30.3 Å². The second-order valence-electron chi connectivity index (χ2n) is 6.91. The molecule has 7 heteroatoms. The lowest BCUT2D eigenvalue weighted by molar-refractivity contribution is -0.155. The van der Waals surface area contributed by atoms with Gasteiger partial charge in [0, 0.05) is 44.6 Å². The summed E-state index contributed by atoms with van der Waals surface area (Å²) in [4.78, 5) is 32.5. The number of rotatable bonds is 7. The molecule has 1 aliphatic heterocycles. The molecule has 2 aromatic rings. The van der Waals surface area contributed by atoms with Gasteiger partial charge in [-0.25, -0.2) is 0 Å². The van der Waals surface area contributed by atoms with Crippen LogP contribution in [0.4, 0.5) is 0 Å². The summed E-state index contributed by atoms with van der Waals surface area (Å²) in [6, 6.07) is 12.5. The number of hydrogen-bond acceptors (Lipinski definition) is 5. The molecule has 3 atom stereocenters. The van der Waals surface area contributed by atoms with Crippen molar-refractivity contribution in [3.63, 3.8) is 0 Å². The van der Waals surface area contributed by atoms with Crippen LogP contribution < -0.4 is 0 Å². The Morgan fingerprint density at radius 3 is 2.43 bits per heavy atom. The Morgan fingerprint density at radius 2 is 1.82 bits per heavy atom. The van der Waals surface area contributed by atoms with Crippen molar-refractivity contribution in [1.29, 1.82) is 0 Å². The molecule has 1 aliphatic rings. The van der Waals surface area contributed by atoms with Gasteiger partial charge in [0.1, 0.15) is 6.61 Å². The van der Waals surface area contributed by atoms with E-state index in [4.69, 9.17) is 4.74 Å². The number of likely N-dealkylation sites (tertiary alicyclic amines) is 1. The van der Waals surface area contributed by atoms with E-state index in [-0.39, 0.29) is 43.0 Å². The van der Waals surface area contributed by atoms with E-state index in [9.17, 15) is 14.7 Å². The van der Waals surface area contributed by atoms with Gasteiger partial charge in [-0.3, -0.25) is 14.6 Å². The molecule has 1 aromatic heterocycles. The summed E-state index contributed by atoms with van der Waals surface area (Å²) in [5.41, 5.74) is 1.58. The summed E-state index contributed by atoms with van der Waals surface area (Å²) in [6.45, 7) is 0.150. The molecule has 3 rings (SSSR count). The summed E-state index contributed by atoms with van der Waals surface area (Å²) in [7, 11) is 3.18. The number of aliphatic hydroxyl groups is 1. The largest absolute Gasteiger partial charge is 0.394 e. The summed E-state index contributed by atoms with van der Waals surface area (Å²) < 4.78 is 5.00. The van der Waals surface area contributed by atoms with Crippen molar-refractivity contribution in [2.24, 2.45) is 0 Å². The lowest BCUT2D eigenvalue weighted by atomic mass is 9.74. The fourth-order valence-electron chi connectivity index (χ4n) is 3.92.